The molecule has 0 saturated carbocycles. The highest BCUT2D eigenvalue weighted by Crippen LogP contribution is 2.22. The van der Waals surface area contributed by atoms with Gasteiger partial charge in [-0.05, 0) is 31.5 Å². The maximum absolute atomic E-state index is 12.1. The first-order valence-corrected chi connectivity index (χ1v) is 6.88. The van der Waals surface area contributed by atoms with Crippen LogP contribution >= 0.6 is 0 Å². The van der Waals surface area contributed by atoms with E-state index >= 15 is 0 Å². The Morgan fingerprint density at radius 1 is 1.33 bits per heavy atom. The lowest BCUT2D eigenvalue weighted by atomic mass is 9.94. The Kier molecular flexibility index (Phi) is 4.58. The normalized spacial score (nSPS) is 11.1. The molecule has 1 aromatic heterocycles. The summed E-state index contributed by atoms with van der Waals surface area (Å²) in [4.78, 5) is 33.0. The van der Waals surface area contributed by atoms with Gasteiger partial charge in [0.2, 0.25) is 5.91 Å². The monoisotopic (exact) mass is 333 g/mol. The van der Waals surface area contributed by atoms with Crippen molar-refractivity contribution in [3.8, 4) is 0 Å². The van der Waals surface area contributed by atoms with E-state index in [0.717, 1.165) is 10.9 Å². The van der Waals surface area contributed by atoms with Crippen LogP contribution in [0.3, 0.4) is 0 Å². The predicted molar refractivity (Wildman–Crippen MR) is 81.2 cm³/mol. The smallest absolute Gasteiger partial charge is 0.358 e. The van der Waals surface area contributed by atoms with E-state index in [-0.39, 0.29) is 17.9 Å². The first-order valence-electron chi connectivity index (χ1n) is 6.88. The van der Waals surface area contributed by atoms with Gasteiger partial charge in [0.25, 0.3) is 5.69 Å². The van der Waals surface area contributed by atoms with Gasteiger partial charge >= 0.3 is 5.97 Å². The van der Waals surface area contributed by atoms with Crippen molar-refractivity contribution in [2.75, 3.05) is 0 Å². The molecule has 2 aromatic rings. The first-order chi connectivity index (χ1) is 11.2. The lowest BCUT2D eigenvalue weighted by Crippen LogP contribution is -2.42. The number of nitro groups is 1. The lowest BCUT2D eigenvalue weighted by molar-refractivity contribution is -0.384. The zero-order valence-electron chi connectivity index (χ0n) is 13.0. The molecule has 1 heterocycles. The second kappa shape index (κ2) is 6.44. The number of carboxylic acid groups (broad SMARTS) is 1. The van der Waals surface area contributed by atoms with Crippen LogP contribution in [-0.4, -0.2) is 36.9 Å². The number of carbonyl (C=O) groups excluding carboxylic acids is 1. The van der Waals surface area contributed by atoms with E-state index in [1.54, 1.807) is 26.0 Å². The third-order valence-electron chi connectivity index (χ3n) is 3.32. The number of nitrogens with one attached hydrogen (secondary N) is 1. The molecule has 24 heavy (non-hydrogen) atoms. The van der Waals surface area contributed by atoms with Crippen LogP contribution in [0.15, 0.2) is 30.5 Å². The van der Waals surface area contributed by atoms with Crippen LogP contribution in [-0.2, 0) is 16.9 Å². The Labute approximate surface area is 136 Å². The van der Waals surface area contributed by atoms with Crippen LogP contribution in [0, 0.1) is 10.1 Å². The van der Waals surface area contributed by atoms with Gasteiger partial charge in [-0.3, -0.25) is 14.9 Å². The van der Waals surface area contributed by atoms with Crippen molar-refractivity contribution in [2.24, 2.45) is 0 Å². The van der Waals surface area contributed by atoms with Crippen molar-refractivity contribution in [1.29, 1.82) is 0 Å². The van der Waals surface area contributed by atoms with Gasteiger partial charge in [-0.1, -0.05) is 5.21 Å². The molecule has 0 bridgehead atoms. The van der Waals surface area contributed by atoms with Gasteiger partial charge in [0.1, 0.15) is 6.54 Å². The molecular weight excluding hydrogens is 318 g/mol. The SMILES string of the molecule is CC(C)(NC(=O)Cn1cc(C(=O)O)nn1)c1ccc([N+](=O)[O-])cc1. The number of rotatable bonds is 6. The van der Waals surface area contributed by atoms with E-state index in [1.165, 1.54) is 12.1 Å². The molecule has 1 amide bonds. The van der Waals surface area contributed by atoms with Crippen LogP contribution in [0.4, 0.5) is 5.69 Å². The minimum Gasteiger partial charge on any atom is -0.476 e. The van der Waals surface area contributed by atoms with Crippen molar-refractivity contribution in [2.45, 2.75) is 25.9 Å². The summed E-state index contributed by atoms with van der Waals surface area (Å²) in [5.74, 6) is -1.63. The third-order valence-corrected chi connectivity index (χ3v) is 3.32. The summed E-state index contributed by atoms with van der Waals surface area (Å²) in [5, 5.41) is 29.2. The van der Waals surface area contributed by atoms with Crippen LogP contribution in [0.5, 0.6) is 0 Å². The molecule has 0 saturated heterocycles. The molecule has 0 aliphatic heterocycles. The van der Waals surface area contributed by atoms with Gasteiger partial charge in [0, 0.05) is 12.1 Å². The molecule has 10 heteroatoms. The Morgan fingerprint density at radius 3 is 2.46 bits per heavy atom. The fourth-order valence-corrected chi connectivity index (χ4v) is 2.08. The molecule has 10 nitrogen and oxygen atoms in total. The number of aromatic nitrogens is 3. The number of hydrogen-bond acceptors (Lipinski definition) is 6. The van der Waals surface area contributed by atoms with Gasteiger partial charge in [-0.25, -0.2) is 9.48 Å². The summed E-state index contributed by atoms with van der Waals surface area (Å²) in [6.45, 7) is 3.29. The van der Waals surface area contributed by atoms with Crippen LogP contribution < -0.4 is 5.32 Å². The number of nitrogens with zero attached hydrogens (tertiary/aromatic N) is 4. The van der Waals surface area contributed by atoms with Crippen molar-refractivity contribution >= 4 is 17.6 Å². The quantitative estimate of drug-likeness (QED) is 0.592. The van der Waals surface area contributed by atoms with E-state index in [0.29, 0.717) is 5.56 Å². The van der Waals surface area contributed by atoms with E-state index in [4.69, 9.17) is 5.11 Å². The van der Waals surface area contributed by atoms with Crippen molar-refractivity contribution in [1.82, 2.24) is 20.3 Å². The maximum atomic E-state index is 12.1. The molecule has 1 aromatic carbocycles. The number of amides is 1. The predicted octanol–water partition coefficient (Wildman–Crippen LogP) is 0.936. The van der Waals surface area contributed by atoms with Gasteiger partial charge in [-0.2, -0.15) is 0 Å². The third kappa shape index (κ3) is 3.91. The Morgan fingerprint density at radius 2 is 1.96 bits per heavy atom. The average Bonchev–Trinajstić information content (AvgIpc) is 2.95. The van der Waals surface area contributed by atoms with E-state index in [2.05, 4.69) is 15.6 Å². The first kappa shape index (κ1) is 17.1. The summed E-state index contributed by atoms with van der Waals surface area (Å²) in [6, 6.07) is 5.85. The molecule has 0 aliphatic carbocycles. The van der Waals surface area contributed by atoms with Gasteiger partial charge in [0.15, 0.2) is 5.69 Å². The Balaban J connectivity index is 2.05. The van der Waals surface area contributed by atoms with E-state index in [1.807, 2.05) is 0 Å². The Bertz CT molecular complexity index is 781. The molecular formula is C14H15N5O5. The van der Waals surface area contributed by atoms with Gasteiger partial charge in [0.05, 0.1) is 16.7 Å². The molecule has 0 radical (unpaired) electrons. The van der Waals surface area contributed by atoms with E-state index < -0.39 is 22.3 Å². The molecule has 0 spiro atoms. The van der Waals surface area contributed by atoms with Crippen molar-refractivity contribution in [3.63, 3.8) is 0 Å². The lowest BCUT2D eigenvalue weighted by Gasteiger charge is -2.26. The largest absolute Gasteiger partial charge is 0.476 e. The fraction of sp³-hybridized carbons (Fsp3) is 0.286. The summed E-state index contributed by atoms with van der Waals surface area (Å²) in [5.41, 5.74) is -0.379. The Hall–Kier alpha value is -3.30. The second-order valence-electron chi connectivity index (χ2n) is 5.58. The van der Waals surface area contributed by atoms with Gasteiger partial charge < -0.3 is 10.4 Å². The number of carbonyl (C=O) groups is 2. The fourth-order valence-electron chi connectivity index (χ4n) is 2.08. The molecule has 126 valence electrons. The standard InChI is InChI=1S/C14H15N5O5/c1-14(2,9-3-5-10(6-4-9)19(23)24)15-12(20)8-18-7-11(13(21)22)16-17-18/h3-7H,8H2,1-2H3,(H,15,20)(H,21,22). The topological polar surface area (TPSA) is 140 Å². The molecule has 0 aliphatic rings. The molecule has 0 unspecified atom stereocenters. The molecule has 2 rings (SSSR count). The number of hydrogen-bond donors (Lipinski definition) is 2. The highest BCUT2D eigenvalue weighted by atomic mass is 16.6. The highest BCUT2D eigenvalue weighted by Gasteiger charge is 2.24. The molecule has 2 N–H and O–H groups in total. The zero-order chi connectivity index (χ0) is 17.9. The summed E-state index contributed by atoms with van der Waals surface area (Å²) >= 11 is 0. The van der Waals surface area contributed by atoms with Crippen molar-refractivity contribution < 1.29 is 19.6 Å². The summed E-state index contributed by atoms with van der Waals surface area (Å²) in [7, 11) is 0. The number of non-ortho nitro benzene ring substituents is 1. The molecule has 0 atom stereocenters. The molecule has 0 fully saturated rings. The van der Waals surface area contributed by atoms with Crippen LogP contribution in [0.1, 0.15) is 29.9 Å². The minimum atomic E-state index is -1.23. The second-order valence-corrected chi connectivity index (χ2v) is 5.58. The minimum absolute atomic E-state index is 0.0373. The number of carboxylic acids is 1. The van der Waals surface area contributed by atoms with Gasteiger partial charge in [-0.15, -0.1) is 5.10 Å². The number of aromatic carboxylic acids is 1. The number of nitro benzene ring substituents is 1. The summed E-state index contributed by atoms with van der Waals surface area (Å²) < 4.78 is 1.12. The van der Waals surface area contributed by atoms with Crippen LogP contribution in [0.2, 0.25) is 0 Å². The highest BCUT2D eigenvalue weighted by molar-refractivity contribution is 5.84. The zero-order valence-corrected chi connectivity index (χ0v) is 13.0. The van der Waals surface area contributed by atoms with E-state index in [9.17, 15) is 19.7 Å². The number of benzene rings is 1. The maximum Gasteiger partial charge on any atom is 0.358 e. The average molecular weight is 333 g/mol. The summed E-state index contributed by atoms with van der Waals surface area (Å²) in [6.07, 6.45) is 1.15. The van der Waals surface area contributed by atoms with Crippen LogP contribution in [0.25, 0.3) is 0 Å². The van der Waals surface area contributed by atoms with Crippen molar-refractivity contribution in [3.05, 3.63) is 51.8 Å².